The highest BCUT2D eigenvalue weighted by Gasteiger charge is 2.13. The van der Waals surface area contributed by atoms with E-state index < -0.39 is 0 Å². The number of carbonyl (C=O) groups excluding carboxylic acids is 1. The lowest BCUT2D eigenvalue weighted by molar-refractivity contribution is 0.102. The van der Waals surface area contributed by atoms with Gasteiger partial charge in [0.05, 0.1) is 6.20 Å². The average Bonchev–Trinajstić information content (AvgIpc) is 3.10. The Balaban J connectivity index is 1.80. The molecule has 6 nitrogen and oxygen atoms in total. The summed E-state index contributed by atoms with van der Waals surface area (Å²) in [6.07, 6.45) is 6.23. The normalized spacial score (nSPS) is 10.3. The van der Waals surface area contributed by atoms with Crippen LogP contribution in [0.1, 0.15) is 10.5 Å². The van der Waals surface area contributed by atoms with E-state index in [9.17, 15) is 4.79 Å². The molecule has 3 heterocycles. The van der Waals surface area contributed by atoms with Crippen LogP contribution in [0.3, 0.4) is 0 Å². The van der Waals surface area contributed by atoms with Crippen LogP contribution in [-0.2, 0) is 0 Å². The molecule has 1 amide bonds. The monoisotopic (exact) mass is 272 g/mol. The lowest BCUT2D eigenvalue weighted by Gasteiger charge is -1.96. The first-order valence-corrected chi connectivity index (χ1v) is 6.27. The molecule has 0 radical (unpaired) electrons. The van der Waals surface area contributed by atoms with Crippen molar-refractivity contribution in [2.45, 2.75) is 0 Å². The largest absolute Gasteiger partial charge is 0.432 e. The van der Waals surface area contributed by atoms with Crippen LogP contribution in [0.4, 0.5) is 6.01 Å². The average molecular weight is 272 g/mol. The van der Waals surface area contributed by atoms with Gasteiger partial charge >= 0.3 is 6.01 Å². The van der Waals surface area contributed by atoms with E-state index in [0.717, 1.165) is 10.6 Å². The number of thiazole rings is 1. The lowest BCUT2D eigenvalue weighted by atomic mass is 10.3. The number of hydrogen-bond acceptors (Lipinski definition) is 6. The number of nitrogens with zero attached hydrogens (tertiary/aromatic N) is 3. The number of aromatic nitrogens is 3. The molecule has 0 saturated heterocycles. The Bertz CT molecular complexity index is 679. The van der Waals surface area contributed by atoms with Gasteiger partial charge in [-0.15, -0.1) is 11.3 Å². The predicted octanol–water partition coefficient (Wildman–Crippen LogP) is 2.45. The highest BCUT2D eigenvalue weighted by molar-refractivity contribution is 7.13. The fraction of sp³-hybridized carbons (Fsp3) is 0. The van der Waals surface area contributed by atoms with Crippen molar-refractivity contribution in [3.63, 3.8) is 0 Å². The number of nitrogens with one attached hydrogen (secondary N) is 1. The Morgan fingerprint density at radius 1 is 1.37 bits per heavy atom. The Labute approximate surface area is 112 Å². The molecule has 94 valence electrons. The topological polar surface area (TPSA) is 80.9 Å². The quantitative estimate of drug-likeness (QED) is 0.792. The number of oxazole rings is 1. The first-order valence-electron chi connectivity index (χ1n) is 5.40. The highest BCUT2D eigenvalue weighted by Crippen LogP contribution is 2.22. The summed E-state index contributed by atoms with van der Waals surface area (Å²) < 4.78 is 4.94. The van der Waals surface area contributed by atoms with E-state index in [1.54, 1.807) is 17.8 Å². The first-order chi connectivity index (χ1) is 9.33. The van der Waals surface area contributed by atoms with Gasteiger partial charge in [-0.1, -0.05) is 0 Å². The van der Waals surface area contributed by atoms with Crippen molar-refractivity contribution in [2.24, 2.45) is 0 Å². The van der Waals surface area contributed by atoms with Gasteiger partial charge in [-0.05, 0) is 12.1 Å². The molecule has 0 aliphatic heterocycles. The second-order valence-electron chi connectivity index (χ2n) is 3.57. The summed E-state index contributed by atoms with van der Waals surface area (Å²) in [5, 5.41) is 4.94. The third-order valence-corrected chi connectivity index (χ3v) is 3.19. The number of rotatable bonds is 3. The molecule has 0 fully saturated rings. The van der Waals surface area contributed by atoms with Gasteiger partial charge in [0, 0.05) is 23.3 Å². The third kappa shape index (κ3) is 2.50. The Hall–Kier alpha value is -2.54. The van der Waals surface area contributed by atoms with Gasteiger partial charge in [0.25, 0.3) is 5.91 Å². The van der Waals surface area contributed by atoms with Gasteiger partial charge in [0.1, 0.15) is 17.0 Å². The Morgan fingerprint density at radius 2 is 2.32 bits per heavy atom. The number of anilines is 1. The van der Waals surface area contributed by atoms with E-state index >= 15 is 0 Å². The summed E-state index contributed by atoms with van der Waals surface area (Å²) in [4.78, 5) is 24.0. The maximum Gasteiger partial charge on any atom is 0.301 e. The predicted molar refractivity (Wildman–Crippen MR) is 69.8 cm³/mol. The second-order valence-corrected chi connectivity index (χ2v) is 4.43. The van der Waals surface area contributed by atoms with Crippen molar-refractivity contribution in [1.29, 1.82) is 0 Å². The molecular weight excluding hydrogens is 264 g/mol. The molecule has 3 aromatic rings. The van der Waals surface area contributed by atoms with Gasteiger partial charge in [-0.2, -0.15) is 0 Å². The molecule has 0 aromatic carbocycles. The molecule has 3 aromatic heterocycles. The summed E-state index contributed by atoms with van der Waals surface area (Å²) in [7, 11) is 0. The number of carbonyl (C=O) groups is 1. The fourth-order valence-corrected chi connectivity index (χ4v) is 2.24. The van der Waals surface area contributed by atoms with Crippen LogP contribution >= 0.6 is 11.3 Å². The molecule has 0 bridgehead atoms. The maximum atomic E-state index is 11.9. The van der Waals surface area contributed by atoms with E-state index in [4.69, 9.17) is 4.42 Å². The second kappa shape index (κ2) is 4.99. The van der Waals surface area contributed by atoms with Crippen molar-refractivity contribution in [3.8, 4) is 10.6 Å². The Kier molecular flexibility index (Phi) is 3.03. The zero-order valence-electron chi connectivity index (χ0n) is 9.61. The van der Waals surface area contributed by atoms with Crippen molar-refractivity contribution in [1.82, 2.24) is 15.0 Å². The molecule has 7 heteroatoms. The molecule has 0 aliphatic rings. The maximum absolute atomic E-state index is 11.9. The first kappa shape index (κ1) is 11.5. The minimum atomic E-state index is -0.353. The number of hydrogen-bond donors (Lipinski definition) is 1. The van der Waals surface area contributed by atoms with Gasteiger partial charge in [-0.25, -0.2) is 9.97 Å². The standard InChI is InChI=1S/C12H8N4O2S/c17-10(16-12-14-4-5-18-12)9-7-19-11(15-9)8-2-1-3-13-6-8/h1-7H,(H,14,16,17). The SMILES string of the molecule is O=C(Nc1ncco1)c1csc(-c2cccnc2)n1. The molecule has 1 N–H and O–H groups in total. The summed E-state index contributed by atoms with van der Waals surface area (Å²) in [5.74, 6) is -0.353. The van der Waals surface area contributed by atoms with Crippen LogP contribution in [-0.4, -0.2) is 20.9 Å². The van der Waals surface area contributed by atoms with Crippen LogP contribution in [0, 0.1) is 0 Å². The zero-order valence-corrected chi connectivity index (χ0v) is 10.4. The van der Waals surface area contributed by atoms with Crippen LogP contribution in [0.25, 0.3) is 10.6 Å². The van der Waals surface area contributed by atoms with Crippen LogP contribution in [0.2, 0.25) is 0 Å². The molecule has 3 rings (SSSR count). The lowest BCUT2D eigenvalue weighted by Crippen LogP contribution is -2.12. The van der Waals surface area contributed by atoms with Gasteiger partial charge in [-0.3, -0.25) is 15.1 Å². The minimum Gasteiger partial charge on any atom is -0.432 e. The van der Waals surface area contributed by atoms with Crippen LogP contribution in [0.15, 0.2) is 46.8 Å². The summed E-state index contributed by atoms with van der Waals surface area (Å²) >= 11 is 1.38. The van der Waals surface area contributed by atoms with Crippen molar-refractivity contribution >= 4 is 23.3 Å². The number of pyridine rings is 1. The van der Waals surface area contributed by atoms with E-state index in [1.807, 2.05) is 12.1 Å². The molecule has 0 saturated carbocycles. The Morgan fingerprint density at radius 3 is 3.05 bits per heavy atom. The summed E-state index contributed by atoms with van der Waals surface area (Å²) in [6.45, 7) is 0. The highest BCUT2D eigenvalue weighted by atomic mass is 32.1. The van der Waals surface area contributed by atoms with Gasteiger partial charge in [0.2, 0.25) is 0 Å². The van der Waals surface area contributed by atoms with Crippen molar-refractivity contribution in [2.75, 3.05) is 5.32 Å². The van der Waals surface area contributed by atoms with Crippen molar-refractivity contribution in [3.05, 3.63) is 48.1 Å². The minimum absolute atomic E-state index is 0.154. The van der Waals surface area contributed by atoms with Crippen LogP contribution < -0.4 is 5.32 Å². The fourth-order valence-electron chi connectivity index (χ4n) is 1.45. The van der Waals surface area contributed by atoms with E-state index in [-0.39, 0.29) is 11.9 Å². The molecular formula is C12H8N4O2S. The van der Waals surface area contributed by atoms with Crippen molar-refractivity contribution < 1.29 is 9.21 Å². The summed E-state index contributed by atoms with van der Waals surface area (Å²) in [6, 6.07) is 3.87. The smallest absolute Gasteiger partial charge is 0.301 e. The van der Waals surface area contributed by atoms with Gasteiger partial charge in [0.15, 0.2) is 0 Å². The van der Waals surface area contributed by atoms with E-state index in [2.05, 4.69) is 20.3 Å². The van der Waals surface area contributed by atoms with E-state index in [1.165, 1.54) is 23.8 Å². The molecule has 19 heavy (non-hydrogen) atoms. The van der Waals surface area contributed by atoms with E-state index in [0.29, 0.717) is 5.69 Å². The third-order valence-electron chi connectivity index (χ3n) is 2.30. The molecule has 0 unspecified atom stereocenters. The molecule has 0 aliphatic carbocycles. The van der Waals surface area contributed by atoms with Crippen LogP contribution in [0.5, 0.6) is 0 Å². The molecule has 0 atom stereocenters. The summed E-state index contributed by atoms with van der Waals surface area (Å²) in [5.41, 5.74) is 1.20. The number of amides is 1. The zero-order chi connectivity index (χ0) is 13.1. The molecule has 0 spiro atoms. The van der Waals surface area contributed by atoms with Gasteiger partial charge < -0.3 is 4.42 Å².